The topological polar surface area (TPSA) is 163 Å². The van der Waals surface area contributed by atoms with Crippen LogP contribution in [-0.4, -0.2) is 39.6 Å². The fraction of sp³-hybridized carbons (Fsp3) is 0.185. The van der Waals surface area contributed by atoms with Crippen molar-refractivity contribution in [1.29, 1.82) is 5.26 Å². The fourth-order valence-corrected chi connectivity index (χ4v) is 5.96. The molecule has 0 fully saturated rings. The number of fused-ring (bicyclic) bond motifs is 1. The minimum Gasteiger partial charge on any atom is -0.440 e. The van der Waals surface area contributed by atoms with Gasteiger partial charge in [-0.1, -0.05) is 6.07 Å². The number of nitrogens with one attached hydrogen (secondary N) is 2. The summed E-state index contributed by atoms with van der Waals surface area (Å²) in [5.41, 5.74) is 0.300. The van der Waals surface area contributed by atoms with E-state index in [4.69, 9.17) is 9.68 Å². The summed E-state index contributed by atoms with van der Waals surface area (Å²) in [5.74, 6) is 0.865. The van der Waals surface area contributed by atoms with Gasteiger partial charge >= 0.3 is 0 Å². The second-order valence-electron chi connectivity index (χ2n) is 9.64. The molecule has 13 heteroatoms. The second-order valence-corrected chi connectivity index (χ2v) is 12.4. The van der Waals surface area contributed by atoms with Crippen LogP contribution in [0.5, 0.6) is 0 Å². The minimum atomic E-state index is -3.98. The van der Waals surface area contributed by atoms with Crippen molar-refractivity contribution in [2.75, 3.05) is 10.0 Å². The third kappa shape index (κ3) is 5.74. The Morgan fingerprint density at radius 3 is 2.70 bits per heavy atom. The smallest absolute Gasteiger partial charge is 0.268 e. The van der Waals surface area contributed by atoms with Crippen LogP contribution in [0.3, 0.4) is 0 Å². The zero-order valence-electron chi connectivity index (χ0n) is 21.7. The first-order chi connectivity index (χ1) is 18.9. The second kappa shape index (κ2) is 10.2. The van der Waals surface area contributed by atoms with Crippen LogP contribution in [0.2, 0.25) is 0 Å². The fourth-order valence-electron chi connectivity index (χ4n) is 4.01. The molecule has 1 amide bonds. The predicted octanol–water partition coefficient (Wildman–Crippen LogP) is 4.76. The molecule has 0 atom stereocenters. The zero-order valence-corrected chi connectivity index (χ0v) is 23.3. The van der Waals surface area contributed by atoms with Gasteiger partial charge in [-0.25, -0.2) is 18.4 Å². The lowest BCUT2D eigenvalue weighted by Gasteiger charge is -2.20. The molecular weight excluding hydrogens is 552 g/mol. The molecule has 5 rings (SSSR count). The van der Waals surface area contributed by atoms with Gasteiger partial charge in [-0.05, 0) is 62.4 Å². The summed E-state index contributed by atoms with van der Waals surface area (Å²) < 4.78 is 35.6. The van der Waals surface area contributed by atoms with Crippen molar-refractivity contribution in [3.05, 3.63) is 77.1 Å². The van der Waals surface area contributed by atoms with Crippen LogP contribution in [0.15, 0.2) is 70.1 Å². The van der Waals surface area contributed by atoms with Crippen LogP contribution < -0.4 is 10.0 Å². The maximum Gasteiger partial charge on any atom is 0.268 e. The molecule has 0 aliphatic carbocycles. The number of benzene rings is 2. The van der Waals surface area contributed by atoms with E-state index in [-0.39, 0.29) is 28.6 Å². The Morgan fingerprint density at radius 2 is 2.00 bits per heavy atom. The van der Waals surface area contributed by atoms with Crippen molar-refractivity contribution >= 4 is 49.9 Å². The molecule has 0 spiro atoms. The summed E-state index contributed by atoms with van der Waals surface area (Å²) in [7, 11) is -3.98. The quantitative estimate of drug-likeness (QED) is 0.238. The van der Waals surface area contributed by atoms with Gasteiger partial charge in [0.2, 0.25) is 5.95 Å². The van der Waals surface area contributed by atoms with Crippen LogP contribution in [0, 0.1) is 18.3 Å². The molecule has 0 aliphatic heterocycles. The summed E-state index contributed by atoms with van der Waals surface area (Å²) in [5, 5.41) is 22.5. The van der Waals surface area contributed by atoms with Crippen molar-refractivity contribution in [3.63, 3.8) is 0 Å². The average Bonchev–Trinajstić information content (AvgIpc) is 3.62. The van der Waals surface area contributed by atoms with E-state index in [1.54, 1.807) is 55.8 Å². The van der Waals surface area contributed by atoms with Crippen molar-refractivity contribution in [2.45, 2.75) is 37.8 Å². The number of aliphatic hydroxyl groups is 1. The van der Waals surface area contributed by atoms with E-state index in [0.717, 1.165) is 4.88 Å². The number of imidazole rings is 1. The standard InChI is InChI=1S/C27H24N6O5S2/c1-16-29-14-22(38-16)23-9-10-24(39-23)25(34)31-26-30-20-12-18(7-8-21(20)33(26)15-27(2,3)35)32-40(36,37)19-6-4-5-17(11-19)13-28/h4-12,14,32,35H,15H2,1-3H3,(H,30,31,34). The van der Waals surface area contributed by atoms with Gasteiger partial charge in [-0.2, -0.15) is 5.26 Å². The van der Waals surface area contributed by atoms with Gasteiger partial charge in [0.25, 0.3) is 15.9 Å². The number of rotatable bonds is 8. The van der Waals surface area contributed by atoms with E-state index in [2.05, 4.69) is 20.0 Å². The van der Waals surface area contributed by atoms with Gasteiger partial charge in [0, 0.05) is 6.92 Å². The SMILES string of the molecule is Cc1ncc(-c2ccc(C(=O)Nc3nc4cc(NS(=O)(=O)c5cccc(C#N)c5)ccc4n3CC(C)(C)O)s2)o1. The number of hydrogen-bond donors (Lipinski definition) is 3. The number of thiophene rings is 1. The molecule has 0 bridgehead atoms. The molecule has 2 aromatic carbocycles. The van der Waals surface area contributed by atoms with Crippen LogP contribution in [0.25, 0.3) is 21.7 Å². The summed E-state index contributed by atoms with van der Waals surface area (Å²) in [6, 6.07) is 15.8. The number of nitriles is 1. The lowest BCUT2D eigenvalue weighted by atomic mass is 10.1. The number of carbonyl (C=O) groups is 1. The zero-order chi connectivity index (χ0) is 28.7. The number of amides is 1. The van der Waals surface area contributed by atoms with Crippen molar-refractivity contribution < 1.29 is 22.7 Å². The Hall–Kier alpha value is -4.51. The summed E-state index contributed by atoms with van der Waals surface area (Å²) in [6.45, 7) is 5.11. The number of carbonyl (C=O) groups excluding carboxylic acids is 1. The first kappa shape index (κ1) is 27.1. The Bertz CT molecular complexity index is 1890. The number of sulfonamides is 1. The predicted molar refractivity (Wildman–Crippen MR) is 151 cm³/mol. The van der Waals surface area contributed by atoms with E-state index < -0.39 is 21.5 Å². The Labute approximate surface area is 233 Å². The van der Waals surface area contributed by atoms with E-state index in [1.807, 2.05) is 6.07 Å². The van der Waals surface area contributed by atoms with Crippen molar-refractivity contribution in [2.24, 2.45) is 0 Å². The maximum atomic E-state index is 13.1. The van der Waals surface area contributed by atoms with E-state index in [0.29, 0.717) is 27.6 Å². The van der Waals surface area contributed by atoms with Crippen LogP contribution in [-0.2, 0) is 16.6 Å². The number of aryl methyl sites for hydroxylation is 1. The first-order valence-electron chi connectivity index (χ1n) is 12.0. The molecule has 11 nitrogen and oxygen atoms in total. The highest BCUT2D eigenvalue weighted by molar-refractivity contribution is 7.92. The van der Waals surface area contributed by atoms with Gasteiger partial charge in [0.1, 0.15) is 0 Å². The number of nitrogens with zero attached hydrogens (tertiary/aromatic N) is 4. The largest absolute Gasteiger partial charge is 0.440 e. The number of oxazole rings is 1. The molecule has 204 valence electrons. The summed E-state index contributed by atoms with van der Waals surface area (Å²) in [6.07, 6.45) is 1.59. The van der Waals surface area contributed by atoms with E-state index in [1.165, 1.54) is 41.7 Å². The van der Waals surface area contributed by atoms with Crippen LogP contribution >= 0.6 is 11.3 Å². The molecule has 0 saturated heterocycles. The van der Waals surface area contributed by atoms with Crippen molar-refractivity contribution in [1.82, 2.24) is 14.5 Å². The lowest BCUT2D eigenvalue weighted by molar-refractivity contribution is 0.0630. The number of hydrogen-bond acceptors (Lipinski definition) is 9. The van der Waals surface area contributed by atoms with Crippen molar-refractivity contribution in [3.8, 4) is 16.7 Å². The maximum absolute atomic E-state index is 13.1. The molecule has 0 radical (unpaired) electrons. The van der Waals surface area contributed by atoms with Crippen LogP contribution in [0.1, 0.15) is 35.0 Å². The molecule has 3 aromatic heterocycles. The highest BCUT2D eigenvalue weighted by Crippen LogP contribution is 2.30. The lowest BCUT2D eigenvalue weighted by Crippen LogP contribution is -2.27. The molecular formula is C27H24N6O5S2. The molecule has 0 saturated carbocycles. The first-order valence-corrected chi connectivity index (χ1v) is 14.3. The Morgan fingerprint density at radius 1 is 1.20 bits per heavy atom. The molecule has 3 heterocycles. The number of aromatic nitrogens is 3. The molecule has 40 heavy (non-hydrogen) atoms. The molecule has 0 unspecified atom stereocenters. The van der Waals surface area contributed by atoms with Gasteiger partial charge in [0.05, 0.1) is 61.3 Å². The highest BCUT2D eigenvalue weighted by atomic mass is 32.2. The monoisotopic (exact) mass is 576 g/mol. The minimum absolute atomic E-state index is 0.0528. The van der Waals surface area contributed by atoms with Gasteiger partial charge in [-0.3, -0.25) is 14.8 Å². The van der Waals surface area contributed by atoms with E-state index >= 15 is 0 Å². The Balaban J connectivity index is 1.45. The normalized spacial score (nSPS) is 11.9. The summed E-state index contributed by atoms with van der Waals surface area (Å²) in [4.78, 5) is 22.9. The summed E-state index contributed by atoms with van der Waals surface area (Å²) >= 11 is 1.23. The Kier molecular flexibility index (Phi) is 6.92. The van der Waals surface area contributed by atoms with Gasteiger partial charge in [0.15, 0.2) is 11.7 Å². The molecule has 5 aromatic rings. The molecule has 3 N–H and O–H groups in total. The van der Waals surface area contributed by atoms with E-state index in [9.17, 15) is 18.3 Å². The number of anilines is 2. The van der Waals surface area contributed by atoms with Gasteiger partial charge < -0.3 is 14.1 Å². The third-order valence-corrected chi connectivity index (χ3v) is 8.22. The van der Waals surface area contributed by atoms with Gasteiger partial charge in [-0.15, -0.1) is 11.3 Å². The molecule has 0 aliphatic rings. The van der Waals surface area contributed by atoms with Crippen LogP contribution in [0.4, 0.5) is 11.6 Å². The average molecular weight is 577 g/mol. The third-order valence-electron chi connectivity index (χ3n) is 5.74. The highest BCUT2D eigenvalue weighted by Gasteiger charge is 2.23.